The molecule has 0 aliphatic heterocycles. The molecule has 5 N–H and O–H groups in total. The molecule has 0 aliphatic rings. The van der Waals surface area contributed by atoms with E-state index < -0.39 is 29.6 Å². The van der Waals surface area contributed by atoms with E-state index in [-0.39, 0.29) is 11.8 Å². The predicted molar refractivity (Wildman–Crippen MR) is 183 cm³/mol. The highest BCUT2D eigenvalue weighted by Gasteiger charge is 2.43. The van der Waals surface area contributed by atoms with Gasteiger partial charge in [0.05, 0.1) is 5.69 Å². The summed E-state index contributed by atoms with van der Waals surface area (Å²) in [5.41, 5.74) is 0.771. The molecule has 46 heavy (non-hydrogen) atoms. The van der Waals surface area contributed by atoms with Crippen LogP contribution in [0.5, 0.6) is 0 Å². The Kier molecular flexibility index (Phi) is 11.7. The molecule has 0 radical (unpaired) electrons. The van der Waals surface area contributed by atoms with E-state index in [1.807, 2.05) is 42.7 Å². The van der Waals surface area contributed by atoms with Crippen molar-refractivity contribution in [3.63, 3.8) is 0 Å². The summed E-state index contributed by atoms with van der Waals surface area (Å²) >= 11 is 2.71. The van der Waals surface area contributed by atoms with E-state index >= 15 is 0 Å². The monoisotopic (exact) mass is 670 g/mol. The maximum absolute atomic E-state index is 13.2. The van der Waals surface area contributed by atoms with Crippen molar-refractivity contribution in [3.8, 4) is 0 Å². The molecule has 0 saturated carbocycles. The van der Waals surface area contributed by atoms with Gasteiger partial charge in [-0.3, -0.25) is 19.4 Å². The average molecular weight is 671 g/mol. The number of rotatable bonds is 11. The Balaban J connectivity index is 1.83. The number of carboxylic acid groups (broad SMARTS) is 2. The van der Waals surface area contributed by atoms with Gasteiger partial charge in [-0.05, 0) is 103 Å². The zero-order valence-corrected chi connectivity index (χ0v) is 28.9. The number of carbonyl (C=O) groups excluding carboxylic acids is 2. The first-order chi connectivity index (χ1) is 21.4. The molecule has 0 spiro atoms. The molecule has 0 atom stereocenters. The lowest BCUT2D eigenvalue weighted by molar-refractivity contribution is -0.114. The Morgan fingerprint density at radius 3 is 1.80 bits per heavy atom. The van der Waals surface area contributed by atoms with Crippen LogP contribution in [-0.2, 0) is 17.6 Å². The number of nitrogens with one attached hydrogen (secondary N) is 3. The first-order valence-electron chi connectivity index (χ1n) is 14.5. The Hall–Kier alpha value is -4.30. The number of amides is 4. The van der Waals surface area contributed by atoms with Gasteiger partial charge in [0.25, 0.3) is 5.91 Å². The van der Waals surface area contributed by atoms with Crippen molar-refractivity contribution in [1.82, 2.24) is 14.8 Å². The van der Waals surface area contributed by atoms with Crippen LogP contribution in [0, 0.1) is 0 Å². The second kappa shape index (κ2) is 14.9. The van der Waals surface area contributed by atoms with Crippen LogP contribution in [0.25, 0.3) is 0 Å². The van der Waals surface area contributed by atoms with Crippen molar-refractivity contribution in [2.75, 3.05) is 22.2 Å². The third-order valence-electron chi connectivity index (χ3n) is 6.78. The molecular weight excluding hydrogens is 629 g/mol. The average Bonchev–Trinajstić information content (AvgIpc) is 3.33. The van der Waals surface area contributed by atoms with Gasteiger partial charge in [0.2, 0.25) is 5.91 Å². The summed E-state index contributed by atoms with van der Waals surface area (Å²) in [4.78, 5) is 57.8. The molecular formula is C32H42N6O6S2. The molecule has 3 rings (SSSR count). The molecule has 1 aromatic heterocycles. The van der Waals surface area contributed by atoms with Crippen LogP contribution in [-0.4, -0.2) is 72.6 Å². The van der Waals surface area contributed by atoms with Gasteiger partial charge in [-0.2, -0.15) is 0 Å². The van der Waals surface area contributed by atoms with E-state index in [9.17, 15) is 29.4 Å². The van der Waals surface area contributed by atoms with E-state index in [1.54, 1.807) is 65.4 Å². The molecule has 12 nitrogen and oxygen atoms in total. The number of aromatic nitrogens is 1. The van der Waals surface area contributed by atoms with Crippen LogP contribution in [0.2, 0.25) is 0 Å². The highest BCUT2D eigenvalue weighted by atomic mass is 32.2. The van der Waals surface area contributed by atoms with Gasteiger partial charge in [-0.25, -0.2) is 14.6 Å². The van der Waals surface area contributed by atoms with Gasteiger partial charge in [-0.1, -0.05) is 23.5 Å². The van der Waals surface area contributed by atoms with E-state index in [0.717, 1.165) is 31.6 Å². The van der Waals surface area contributed by atoms with Crippen LogP contribution in [0.15, 0.2) is 53.4 Å². The molecule has 248 valence electrons. The maximum atomic E-state index is 13.2. The van der Waals surface area contributed by atoms with Crippen LogP contribution in [0.3, 0.4) is 0 Å². The van der Waals surface area contributed by atoms with E-state index in [2.05, 4.69) is 20.9 Å². The largest absolute Gasteiger partial charge is 0.465 e. The van der Waals surface area contributed by atoms with Crippen molar-refractivity contribution in [2.24, 2.45) is 0 Å². The Morgan fingerprint density at radius 1 is 0.826 bits per heavy atom. The number of benzene rings is 2. The first kappa shape index (κ1) is 36.2. The summed E-state index contributed by atoms with van der Waals surface area (Å²) in [6.45, 7) is 11.6. The van der Waals surface area contributed by atoms with Gasteiger partial charge in [0, 0.05) is 34.3 Å². The normalized spacial score (nSPS) is 11.6. The van der Waals surface area contributed by atoms with Crippen molar-refractivity contribution in [3.05, 3.63) is 64.7 Å². The highest BCUT2D eigenvalue weighted by molar-refractivity contribution is 7.98. The Bertz CT molecular complexity index is 1510. The van der Waals surface area contributed by atoms with Gasteiger partial charge in [-0.15, -0.1) is 11.8 Å². The highest BCUT2D eigenvalue weighted by Crippen LogP contribution is 2.29. The molecule has 1 heterocycles. The van der Waals surface area contributed by atoms with Gasteiger partial charge < -0.3 is 26.2 Å². The van der Waals surface area contributed by atoms with Crippen molar-refractivity contribution in [2.45, 2.75) is 83.6 Å². The van der Waals surface area contributed by atoms with Crippen molar-refractivity contribution < 1.29 is 29.4 Å². The first-order valence-corrected chi connectivity index (χ1v) is 16.6. The minimum Gasteiger partial charge on any atom is -0.465 e. The van der Waals surface area contributed by atoms with E-state index in [1.165, 1.54) is 6.92 Å². The fourth-order valence-corrected chi connectivity index (χ4v) is 6.07. The molecule has 0 aliphatic carbocycles. The van der Waals surface area contributed by atoms with Crippen LogP contribution in [0.1, 0.15) is 69.4 Å². The number of aryl methyl sites for hydroxylation is 2. The van der Waals surface area contributed by atoms with Crippen LogP contribution >= 0.6 is 23.1 Å². The Labute approximate surface area is 277 Å². The second-order valence-electron chi connectivity index (χ2n) is 12.5. The lowest BCUT2D eigenvalue weighted by Gasteiger charge is -2.48. The zero-order valence-electron chi connectivity index (χ0n) is 27.3. The van der Waals surface area contributed by atoms with Gasteiger partial charge in [0.15, 0.2) is 11.4 Å². The second-order valence-corrected chi connectivity index (χ2v) is 14.4. The maximum Gasteiger partial charge on any atom is 0.410 e. The summed E-state index contributed by atoms with van der Waals surface area (Å²) in [7, 11) is 0. The SMILES string of the molecule is CSc1ccc(NC(=O)c2sc(NC(C)=O)nc2CCc2ccc(NC(N(C(=O)O)C(C)(C)C)N(C(=O)O)C(C)(C)C)cc2)cc1. The molecule has 0 unspecified atom stereocenters. The number of anilines is 3. The lowest BCUT2D eigenvalue weighted by Crippen LogP contribution is -2.66. The summed E-state index contributed by atoms with van der Waals surface area (Å²) in [5, 5.41) is 29.2. The molecule has 14 heteroatoms. The standard InChI is InChI=1S/C32H42N6O6S2/c1-19(39)33-27-36-24(25(46-27)26(40)34-21-14-16-23(45-8)17-15-21)18-11-20-9-12-22(13-10-20)35-28(37(29(41)42)31(2,3)4)38(30(43)44)32(5,6)7/h9-10,12-17,28,35H,11,18H2,1-8H3,(H,34,40)(H,41,42)(H,43,44)(H,33,36,39). The number of hydrogen-bond donors (Lipinski definition) is 5. The molecule has 3 aromatic rings. The fraction of sp³-hybridized carbons (Fsp3) is 0.406. The molecule has 0 saturated heterocycles. The summed E-state index contributed by atoms with van der Waals surface area (Å²) < 4.78 is 0. The number of hydrogen-bond acceptors (Lipinski definition) is 8. The van der Waals surface area contributed by atoms with Gasteiger partial charge in [0.1, 0.15) is 4.88 Å². The summed E-state index contributed by atoms with van der Waals surface area (Å²) in [5.74, 6) is -0.614. The minimum atomic E-state index is -1.27. The topological polar surface area (TPSA) is 164 Å². The van der Waals surface area contributed by atoms with E-state index in [0.29, 0.717) is 39.9 Å². The molecule has 4 amide bonds. The summed E-state index contributed by atoms with van der Waals surface area (Å²) in [6.07, 6.45) is -0.857. The minimum absolute atomic E-state index is 0.290. The van der Waals surface area contributed by atoms with Crippen molar-refractivity contribution in [1.29, 1.82) is 0 Å². The predicted octanol–water partition coefficient (Wildman–Crippen LogP) is 7.11. The molecule has 2 aromatic carbocycles. The van der Waals surface area contributed by atoms with Crippen LogP contribution in [0.4, 0.5) is 26.1 Å². The third kappa shape index (κ3) is 9.60. The summed E-state index contributed by atoms with van der Waals surface area (Å²) in [6, 6.07) is 14.7. The van der Waals surface area contributed by atoms with E-state index in [4.69, 9.17) is 0 Å². The smallest absolute Gasteiger partial charge is 0.410 e. The zero-order chi connectivity index (χ0) is 34.4. The molecule has 0 bridgehead atoms. The number of nitrogens with zero attached hydrogens (tertiary/aromatic N) is 3. The fourth-order valence-electron chi connectivity index (χ4n) is 4.71. The quantitative estimate of drug-likeness (QED) is 0.106. The van der Waals surface area contributed by atoms with Crippen LogP contribution < -0.4 is 16.0 Å². The molecule has 0 fully saturated rings. The number of thioether (sulfide) groups is 1. The Morgan fingerprint density at radius 2 is 1.35 bits per heavy atom. The lowest BCUT2D eigenvalue weighted by atomic mass is 10.0. The number of carbonyl (C=O) groups is 4. The van der Waals surface area contributed by atoms with Crippen molar-refractivity contribution >= 4 is 63.6 Å². The third-order valence-corrected chi connectivity index (χ3v) is 8.54. The number of thiazole rings is 1. The van der Waals surface area contributed by atoms with Gasteiger partial charge >= 0.3 is 12.2 Å².